The van der Waals surface area contributed by atoms with Crippen LogP contribution in [0.2, 0.25) is 0 Å². The molecule has 1 saturated heterocycles. The topological polar surface area (TPSA) is 75.9 Å². The Bertz CT molecular complexity index is 1050. The van der Waals surface area contributed by atoms with Crippen LogP contribution in [0, 0.1) is 0 Å². The van der Waals surface area contributed by atoms with E-state index < -0.39 is 0 Å². The van der Waals surface area contributed by atoms with Crippen molar-refractivity contribution in [3.05, 3.63) is 54.2 Å². The van der Waals surface area contributed by atoms with E-state index in [0.717, 1.165) is 42.7 Å². The molecule has 0 unspecified atom stereocenters. The average Bonchev–Trinajstić information content (AvgIpc) is 3.22. The highest BCUT2D eigenvalue weighted by Gasteiger charge is 2.22. The number of pyridine rings is 1. The Labute approximate surface area is 175 Å². The lowest BCUT2D eigenvalue weighted by Gasteiger charge is -2.26. The van der Waals surface area contributed by atoms with Gasteiger partial charge in [-0.05, 0) is 43.5 Å². The molecule has 0 spiro atoms. The lowest BCUT2D eigenvalue weighted by Crippen LogP contribution is -2.35. The highest BCUT2D eigenvalue weighted by atomic mass is 16.5. The van der Waals surface area contributed by atoms with Gasteiger partial charge in [-0.2, -0.15) is 5.10 Å². The van der Waals surface area contributed by atoms with E-state index in [1.54, 1.807) is 17.8 Å². The molecule has 0 saturated carbocycles. The first-order valence-corrected chi connectivity index (χ1v) is 10.3. The summed E-state index contributed by atoms with van der Waals surface area (Å²) in [6, 6.07) is 13.4. The van der Waals surface area contributed by atoms with Crippen LogP contribution in [0.5, 0.6) is 0 Å². The number of carbonyl (C=O) groups excluding carboxylic acids is 2. The first-order chi connectivity index (χ1) is 14.7. The third-order valence-electron chi connectivity index (χ3n) is 5.39. The number of nitrogens with one attached hydrogen (secondary N) is 1. The minimum Gasteiger partial charge on any atom is -0.384 e. The van der Waals surface area contributed by atoms with Crippen LogP contribution in [0.4, 0.5) is 5.69 Å². The maximum Gasteiger partial charge on any atom is 0.257 e. The highest BCUT2D eigenvalue weighted by molar-refractivity contribution is 6.01. The molecule has 1 aromatic carbocycles. The molecule has 156 valence electrons. The van der Waals surface area contributed by atoms with Gasteiger partial charge in [-0.25, -0.2) is 4.52 Å². The minimum atomic E-state index is -0.0966. The Hall–Kier alpha value is -3.19. The van der Waals surface area contributed by atoms with Crippen LogP contribution >= 0.6 is 0 Å². The second kappa shape index (κ2) is 9.09. The Balaban J connectivity index is 1.62. The van der Waals surface area contributed by atoms with Crippen LogP contribution < -0.4 is 5.32 Å². The number of carbonyl (C=O) groups is 2. The zero-order valence-electron chi connectivity index (χ0n) is 17.1. The number of ether oxygens (including phenoxy) is 1. The molecule has 3 aromatic rings. The number of fused-ring (bicyclic) bond motifs is 1. The Kier molecular flexibility index (Phi) is 6.09. The van der Waals surface area contributed by atoms with Crippen LogP contribution in [0.25, 0.3) is 16.8 Å². The zero-order chi connectivity index (χ0) is 20.9. The molecule has 2 aromatic heterocycles. The molecule has 1 aliphatic rings. The average molecular weight is 406 g/mol. The lowest BCUT2D eigenvalue weighted by atomic mass is 10.1. The van der Waals surface area contributed by atoms with Gasteiger partial charge >= 0.3 is 0 Å². The van der Waals surface area contributed by atoms with Crippen LogP contribution in [-0.2, 0) is 9.53 Å². The van der Waals surface area contributed by atoms with Crippen molar-refractivity contribution in [1.82, 2.24) is 14.5 Å². The molecule has 0 atom stereocenters. The number of amides is 2. The Morgan fingerprint density at radius 3 is 2.70 bits per heavy atom. The van der Waals surface area contributed by atoms with E-state index in [1.165, 1.54) is 6.42 Å². The number of piperidine rings is 1. The number of benzene rings is 1. The van der Waals surface area contributed by atoms with Gasteiger partial charge in [0.1, 0.15) is 0 Å². The monoisotopic (exact) mass is 406 g/mol. The van der Waals surface area contributed by atoms with E-state index in [9.17, 15) is 9.59 Å². The van der Waals surface area contributed by atoms with Gasteiger partial charge in [-0.3, -0.25) is 9.59 Å². The number of anilines is 1. The maximum absolute atomic E-state index is 13.0. The van der Waals surface area contributed by atoms with Crippen molar-refractivity contribution in [2.24, 2.45) is 0 Å². The molecule has 7 heteroatoms. The fourth-order valence-corrected chi connectivity index (χ4v) is 3.84. The number of hydrogen-bond acceptors (Lipinski definition) is 4. The minimum absolute atomic E-state index is 0.0426. The molecule has 3 heterocycles. The summed E-state index contributed by atoms with van der Waals surface area (Å²) in [5.74, 6) is -0.0540. The third-order valence-corrected chi connectivity index (χ3v) is 5.39. The summed E-state index contributed by atoms with van der Waals surface area (Å²) in [7, 11) is 1.57. The van der Waals surface area contributed by atoms with Crippen molar-refractivity contribution >= 4 is 23.0 Å². The van der Waals surface area contributed by atoms with Crippen molar-refractivity contribution in [2.45, 2.75) is 25.7 Å². The van der Waals surface area contributed by atoms with Gasteiger partial charge in [0, 0.05) is 31.5 Å². The predicted octanol–water partition coefficient (Wildman–Crippen LogP) is 3.60. The van der Waals surface area contributed by atoms with Gasteiger partial charge in [0.25, 0.3) is 5.91 Å². The van der Waals surface area contributed by atoms with Gasteiger partial charge in [0.2, 0.25) is 5.91 Å². The summed E-state index contributed by atoms with van der Waals surface area (Å²) in [6.45, 7) is 1.99. The summed E-state index contributed by atoms with van der Waals surface area (Å²) in [5.41, 5.74) is 3.89. The molecule has 0 aliphatic carbocycles. The van der Waals surface area contributed by atoms with Gasteiger partial charge in [0.05, 0.1) is 36.0 Å². The van der Waals surface area contributed by atoms with Crippen LogP contribution in [0.1, 0.15) is 36.0 Å². The molecule has 7 nitrogen and oxygen atoms in total. The Morgan fingerprint density at radius 1 is 1.10 bits per heavy atom. The van der Waals surface area contributed by atoms with E-state index in [-0.39, 0.29) is 11.8 Å². The fraction of sp³-hybridized carbons (Fsp3) is 0.348. The standard InChI is InChI=1S/C23H26N4O3/c1-30-14-11-22(28)25-18-8-5-7-17(15-18)20-9-6-10-21-19(16-24-27(20)21)23(29)26-12-3-2-4-13-26/h5-10,15-16H,2-4,11-14H2,1H3,(H,25,28). The quantitative estimate of drug-likeness (QED) is 0.679. The number of likely N-dealkylation sites (tertiary alicyclic amines) is 1. The van der Waals surface area contributed by atoms with E-state index >= 15 is 0 Å². The summed E-state index contributed by atoms with van der Waals surface area (Å²) >= 11 is 0. The van der Waals surface area contributed by atoms with E-state index in [0.29, 0.717) is 24.3 Å². The maximum atomic E-state index is 13.0. The first-order valence-electron chi connectivity index (χ1n) is 10.3. The molecular weight excluding hydrogens is 380 g/mol. The first kappa shape index (κ1) is 20.1. The zero-order valence-corrected chi connectivity index (χ0v) is 17.1. The van der Waals surface area contributed by atoms with E-state index in [2.05, 4.69) is 10.4 Å². The smallest absolute Gasteiger partial charge is 0.257 e. The molecule has 1 fully saturated rings. The summed E-state index contributed by atoms with van der Waals surface area (Å²) in [4.78, 5) is 26.9. The summed E-state index contributed by atoms with van der Waals surface area (Å²) in [6.07, 6.45) is 5.25. The molecule has 4 rings (SSSR count). The normalized spacial score (nSPS) is 14.1. The highest BCUT2D eigenvalue weighted by Crippen LogP contribution is 2.26. The van der Waals surface area contributed by atoms with Crippen molar-refractivity contribution in [3.8, 4) is 11.3 Å². The predicted molar refractivity (Wildman–Crippen MR) is 116 cm³/mol. The molecule has 0 radical (unpaired) electrons. The van der Waals surface area contributed by atoms with Crippen LogP contribution in [0.3, 0.4) is 0 Å². The SMILES string of the molecule is COCCC(=O)Nc1cccc(-c2cccc3c(C(=O)N4CCCCC4)cnn23)c1. The van der Waals surface area contributed by atoms with Crippen LogP contribution in [0.15, 0.2) is 48.7 Å². The van der Waals surface area contributed by atoms with Crippen molar-refractivity contribution < 1.29 is 14.3 Å². The second-order valence-corrected chi connectivity index (χ2v) is 7.49. The number of methoxy groups -OCH3 is 1. The molecule has 0 bridgehead atoms. The van der Waals surface area contributed by atoms with Gasteiger partial charge < -0.3 is 15.0 Å². The van der Waals surface area contributed by atoms with Crippen LogP contribution in [-0.4, -0.2) is 53.1 Å². The van der Waals surface area contributed by atoms with Gasteiger partial charge in [0.15, 0.2) is 0 Å². The number of aromatic nitrogens is 2. The molecule has 1 aliphatic heterocycles. The summed E-state index contributed by atoms with van der Waals surface area (Å²) < 4.78 is 6.75. The van der Waals surface area contributed by atoms with Crippen molar-refractivity contribution in [1.29, 1.82) is 0 Å². The molecule has 30 heavy (non-hydrogen) atoms. The van der Waals surface area contributed by atoms with Gasteiger partial charge in [-0.15, -0.1) is 0 Å². The fourth-order valence-electron chi connectivity index (χ4n) is 3.84. The van der Waals surface area contributed by atoms with E-state index in [4.69, 9.17) is 4.74 Å². The molecule has 2 amide bonds. The van der Waals surface area contributed by atoms with Crippen molar-refractivity contribution in [2.75, 3.05) is 32.1 Å². The second-order valence-electron chi connectivity index (χ2n) is 7.49. The summed E-state index contributed by atoms with van der Waals surface area (Å²) in [5, 5.41) is 7.40. The van der Waals surface area contributed by atoms with Crippen molar-refractivity contribution in [3.63, 3.8) is 0 Å². The Morgan fingerprint density at radius 2 is 1.90 bits per heavy atom. The third kappa shape index (κ3) is 4.21. The van der Waals surface area contributed by atoms with E-state index in [1.807, 2.05) is 47.4 Å². The molecular formula is C23H26N4O3. The van der Waals surface area contributed by atoms with Gasteiger partial charge in [-0.1, -0.05) is 18.2 Å². The number of nitrogens with zero attached hydrogens (tertiary/aromatic N) is 3. The number of rotatable bonds is 6. The lowest BCUT2D eigenvalue weighted by molar-refractivity contribution is -0.117. The largest absolute Gasteiger partial charge is 0.384 e. The molecule has 1 N–H and O–H groups in total. The number of hydrogen-bond donors (Lipinski definition) is 1.